The monoisotopic (exact) mass is 207 g/mol. The van der Waals surface area contributed by atoms with Gasteiger partial charge < -0.3 is 5.48 Å². The molecule has 0 heterocycles. The van der Waals surface area contributed by atoms with Crippen molar-refractivity contribution in [2.75, 3.05) is 0 Å². The Morgan fingerprint density at radius 1 is 0.917 bits per heavy atom. The summed E-state index contributed by atoms with van der Waals surface area (Å²) in [7, 11) is 0. The SMILES string of the molecule is CC(C)CCCCCC[CH2][Ti].O. The van der Waals surface area contributed by atoms with Crippen LogP contribution in [0.3, 0.4) is 0 Å². The van der Waals surface area contributed by atoms with Crippen LogP contribution >= 0.6 is 0 Å². The topological polar surface area (TPSA) is 31.5 Å². The largest absolute Gasteiger partial charge is 0.412 e. The van der Waals surface area contributed by atoms with E-state index >= 15 is 0 Å². The minimum Gasteiger partial charge on any atom is -0.412 e. The number of hydrogen-bond acceptors (Lipinski definition) is 0. The Hall–Kier alpha value is 0.674. The second-order valence-corrected chi connectivity index (χ2v) is 4.48. The molecule has 0 saturated heterocycles. The van der Waals surface area contributed by atoms with Crippen LogP contribution in [0.25, 0.3) is 0 Å². The van der Waals surface area contributed by atoms with Gasteiger partial charge in [-0.3, -0.25) is 0 Å². The van der Waals surface area contributed by atoms with Crippen molar-refractivity contribution in [2.45, 2.75) is 57.1 Å². The van der Waals surface area contributed by atoms with Gasteiger partial charge in [0.25, 0.3) is 0 Å². The minimum absolute atomic E-state index is 0. The molecule has 0 aromatic rings. The van der Waals surface area contributed by atoms with Gasteiger partial charge in [0, 0.05) is 0 Å². The molecule has 0 aromatic carbocycles. The van der Waals surface area contributed by atoms with Gasteiger partial charge in [0.15, 0.2) is 0 Å². The maximum Gasteiger partial charge on any atom is -0.412 e. The quantitative estimate of drug-likeness (QED) is 0.453. The second-order valence-electron chi connectivity index (χ2n) is 3.70. The molecule has 1 nitrogen and oxygen atoms in total. The van der Waals surface area contributed by atoms with E-state index in [1.54, 1.807) is 0 Å². The zero-order valence-corrected chi connectivity index (χ0v) is 10.1. The first-order valence-electron chi connectivity index (χ1n) is 4.92. The van der Waals surface area contributed by atoms with Crippen molar-refractivity contribution in [3.05, 3.63) is 0 Å². The minimum atomic E-state index is 0. The summed E-state index contributed by atoms with van der Waals surface area (Å²) in [4.78, 5) is 0. The van der Waals surface area contributed by atoms with Crippen molar-refractivity contribution in [1.29, 1.82) is 0 Å². The third-order valence-corrected chi connectivity index (χ3v) is 2.51. The third-order valence-electron chi connectivity index (χ3n) is 1.96. The number of rotatable bonds is 7. The Bertz CT molecular complexity index is 74.2. The molecule has 0 aromatic heterocycles. The summed E-state index contributed by atoms with van der Waals surface area (Å²) in [5, 5.41) is 0. The van der Waals surface area contributed by atoms with Crippen LogP contribution in [0.5, 0.6) is 0 Å². The van der Waals surface area contributed by atoms with Crippen molar-refractivity contribution in [3.8, 4) is 0 Å². The first-order valence-corrected chi connectivity index (χ1v) is 6.02. The molecule has 12 heavy (non-hydrogen) atoms. The van der Waals surface area contributed by atoms with Gasteiger partial charge >= 0.3 is 83.5 Å². The third kappa shape index (κ3) is 13.3. The van der Waals surface area contributed by atoms with Gasteiger partial charge in [-0.2, -0.15) is 0 Å². The van der Waals surface area contributed by atoms with Crippen LogP contribution in [0.15, 0.2) is 0 Å². The summed E-state index contributed by atoms with van der Waals surface area (Å²) < 4.78 is 1.37. The fourth-order valence-corrected chi connectivity index (χ4v) is 1.60. The van der Waals surface area contributed by atoms with Crippen LogP contribution in [0, 0.1) is 5.92 Å². The van der Waals surface area contributed by atoms with E-state index < -0.39 is 0 Å². The molecular weight excluding hydrogens is 184 g/mol. The van der Waals surface area contributed by atoms with E-state index in [1.807, 2.05) is 0 Å². The van der Waals surface area contributed by atoms with Gasteiger partial charge in [-0.1, -0.05) is 0 Å². The van der Waals surface area contributed by atoms with Crippen LogP contribution in [-0.2, 0) is 20.4 Å². The maximum absolute atomic E-state index is 2.31. The zero-order valence-electron chi connectivity index (χ0n) is 8.53. The predicted octanol–water partition coefficient (Wildman–Crippen LogP) is 3.12. The molecule has 0 rings (SSSR count). The molecule has 0 amide bonds. The summed E-state index contributed by atoms with van der Waals surface area (Å²) in [5.74, 6) is 0.904. The molecule has 0 bridgehead atoms. The summed E-state index contributed by atoms with van der Waals surface area (Å²) in [6, 6.07) is 0. The zero-order chi connectivity index (χ0) is 8.53. The fraction of sp³-hybridized carbons (Fsp3) is 1.00. The van der Waals surface area contributed by atoms with E-state index in [-0.39, 0.29) is 5.48 Å². The summed E-state index contributed by atoms with van der Waals surface area (Å²) >= 11 is 2.27. The molecule has 0 aliphatic heterocycles. The molecular formula is C10H23OTi. The number of hydrogen-bond donors (Lipinski definition) is 0. The van der Waals surface area contributed by atoms with Crippen molar-refractivity contribution < 1.29 is 25.9 Å². The van der Waals surface area contributed by atoms with Crippen molar-refractivity contribution in [3.63, 3.8) is 0 Å². The molecule has 0 atom stereocenters. The van der Waals surface area contributed by atoms with Gasteiger partial charge in [0.2, 0.25) is 0 Å². The Kier molecular flexibility index (Phi) is 14.7. The van der Waals surface area contributed by atoms with Gasteiger partial charge in [0.05, 0.1) is 0 Å². The summed E-state index contributed by atoms with van der Waals surface area (Å²) in [5.41, 5.74) is 0. The Morgan fingerprint density at radius 2 is 1.42 bits per heavy atom. The molecule has 2 heteroatoms. The average molecular weight is 207 g/mol. The van der Waals surface area contributed by atoms with E-state index in [0.717, 1.165) is 5.92 Å². The Labute approximate surface area is 89.0 Å². The number of unbranched alkanes of at least 4 members (excludes halogenated alkanes) is 4. The van der Waals surface area contributed by atoms with Crippen LogP contribution in [0.2, 0.25) is 4.73 Å². The van der Waals surface area contributed by atoms with E-state index in [4.69, 9.17) is 0 Å². The van der Waals surface area contributed by atoms with Crippen molar-refractivity contribution in [1.82, 2.24) is 0 Å². The molecule has 0 saturated carbocycles. The van der Waals surface area contributed by atoms with Crippen LogP contribution in [-0.4, -0.2) is 5.48 Å². The molecule has 0 unspecified atom stereocenters. The summed E-state index contributed by atoms with van der Waals surface area (Å²) in [6.45, 7) is 4.62. The van der Waals surface area contributed by atoms with Crippen molar-refractivity contribution >= 4 is 0 Å². The van der Waals surface area contributed by atoms with E-state index in [9.17, 15) is 0 Å². The van der Waals surface area contributed by atoms with Gasteiger partial charge in [0.1, 0.15) is 0 Å². The van der Waals surface area contributed by atoms with Gasteiger partial charge in [-0.05, 0) is 0 Å². The fourth-order valence-electron chi connectivity index (χ4n) is 1.21. The first kappa shape index (κ1) is 15.2. The Balaban J connectivity index is 0. The smallest absolute Gasteiger partial charge is 0.412 e. The molecule has 0 aliphatic carbocycles. The van der Waals surface area contributed by atoms with Crippen LogP contribution in [0.4, 0.5) is 0 Å². The van der Waals surface area contributed by atoms with E-state index in [2.05, 4.69) is 34.3 Å². The normalized spacial score (nSPS) is 9.83. The standard InChI is InChI=1S/C10H21.H2O.Ti/c1-4-5-6-7-8-9-10(2)3;;/h10H,1,4-9H2,2-3H3;1H2;. The van der Waals surface area contributed by atoms with Gasteiger partial charge in [-0.25, -0.2) is 0 Å². The Morgan fingerprint density at radius 3 is 1.92 bits per heavy atom. The predicted molar refractivity (Wildman–Crippen MR) is 51.0 cm³/mol. The van der Waals surface area contributed by atoms with Crippen molar-refractivity contribution in [2.24, 2.45) is 5.92 Å². The van der Waals surface area contributed by atoms with Crippen LogP contribution < -0.4 is 0 Å². The molecule has 0 aliphatic rings. The first-order chi connectivity index (χ1) is 5.27. The second kappa shape index (κ2) is 11.7. The average Bonchev–Trinajstić information content (AvgIpc) is 1.96. The van der Waals surface area contributed by atoms with E-state index in [1.165, 1.54) is 43.3 Å². The molecule has 0 radical (unpaired) electrons. The molecule has 2 N–H and O–H groups in total. The molecule has 0 spiro atoms. The maximum atomic E-state index is 2.31. The van der Waals surface area contributed by atoms with E-state index in [0.29, 0.717) is 0 Å². The van der Waals surface area contributed by atoms with Crippen LogP contribution in [0.1, 0.15) is 52.4 Å². The van der Waals surface area contributed by atoms with Gasteiger partial charge in [-0.15, -0.1) is 0 Å². The summed E-state index contributed by atoms with van der Waals surface area (Å²) in [6.07, 6.45) is 8.67. The molecule has 0 fully saturated rings. The molecule has 73 valence electrons.